The lowest BCUT2D eigenvalue weighted by atomic mass is 9.64. The summed E-state index contributed by atoms with van der Waals surface area (Å²) in [4.78, 5) is 19.3. The lowest BCUT2D eigenvalue weighted by molar-refractivity contribution is 0.154. The highest BCUT2D eigenvalue weighted by Crippen LogP contribution is 2.70. The van der Waals surface area contributed by atoms with Gasteiger partial charge in [-0.2, -0.15) is 9.97 Å². The molecule has 10 aromatic carbocycles. The van der Waals surface area contributed by atoms with E-state index in [0.717, 1.165) is 76.9 Å². The zero-order valence-electron chi connectivity index (χ0n) is 64.1. The summed E-state index contributed by atoms with van der Waals surface area (Å²) in [5.74, 6) is 1.89. The summed E-state index contributed by atoms with van der Waals surface area (Å²) in [6.07, 6.45) is 29.5. The molecular weight excluding hydrogens is 1290 g/mol. The summed E-state index contributed by atoms with van der Waals surface area (Å²) >= 11 is 0. The Morgan fingerprint density at radius 2 is 0.821 bits per heavy atom. The molecule has 3 aromatic heterocycles. The monoisotopic (exact) mass is 1390 g/mol. The Morgan fingerprint density at radius 3 is 1.46 bits per heavy atom. The van der Waals surface area contributed by atoms with E-state index < -0.39 is 0 Å². The minimum absolute atomic E-state index is 0.188. The van der Waals surface area contributed by atoms with Gasteiger partial charge < -0.3 is 8.83 Å². The molecule has 0 bridgehead atoms. The molecule has 13 aromatic rings. The summed E-state index contributed by atoms with van der Waals surface area (Å²) in [6.45, 7) is 19.3. The van der Waals surface area contributed by atoms with Crippen molar-refractivity contribution in [3.05, 3.63) is 239 Å². The number of fused-ring (bicyclic) bond motifs is 21. The van der Waals surface area contributed by atoms with E-state index in [1.165, 1.54) is 216 Å². The van der Waals surface area contributed by atoms with Crippen LogP contribution in [0.1, 0.15) is 254 Å². The van der Waals surface area contributed by atoms with Crippen LogP contribution in [0.15, 0.2) is 203 Å². The van der Waals surface area contributed by atoms with Gasteiger partial charge in [0, 0.05) is 71.3 Å². The second kappa shape index (κ2) is 27.1. The molecule has 2 unspecified atom stereocenters. The normalized spacial score (nSPS) is 18.0. The zero-order chi connectivity index (χ0) is 72.1. The number of hydrogen-bond acceptors (Lipinski definition) is 6. The maximum absolute atomic E-state index is 7.63. The van der Waals surface area contributed by atoms with Gasteiger partial charge in [-0.25, -0.2) is 4.98 Å². The van der Waals surface area contributed by atoms with E-state index in [0.29, 0.717) is 17.6 Å². The van der Waals surface area contributed by atoms with Crippen LogP contribution in [-0.2, 0) is 21.7 Å². The van der Waals surface area contributed by atoms with Gasteiger partial charge in [0.15, 0.2) is 11.6 Å². The number of aromatic nitrogens is 3. The number of rotatable bonds is 25. The first kappa shape index (κ1) is 68.4. The third-order valence-corrected chi connectivity index (χ3v) is 26.8. The molecule has 0 fully saturated rings. The number of nitrogens with zero attached hydrogens (tertiary/aromatic N) is 4. The first-order valence-electron chi connectivity index (χ1n) is 41.1. The minimum Gasteiger partial charge on any atom is -0.456 e. The Hall–Kier alpha value is -9.39. The third-order valence-electron chi connectivity index (χ3n) is 26.8. The van der Waals surface area contributed by atoms with E-state index in [2.05, 4.69) is 254 Å². The molecule has 5 aliphatic carbocycles. The second-order valence-electron chi connectivity index (χ2n) is 33.7. The zero-order valence-corrected chi connectivity index (χ0v) is 64.1. The standard InChI is InChI=1S/C100H104N4O2/c1-9-13-17-19-35-55-99-59-57-98(53-33-15-11-3,54-34-16-12-4)58-60-100(56-36-20-18-14-10-2)81-62-68(48-50-71(81)87-88-73-43-29-32-46-83(73)106-92(88)89(91(99)90(87)100)70-41-27-30-44-76(70)99)104(95-102-93(65-37-23-21-24-38-65)101-94(103-95)66-39-25-22-26-40-66)67-47-49-69-74-63-80-75(64-79(74)97(7,8)78(69)61-67)85-77(96(80,5)6)51-52-84-86(85)72-42-28-31-45-82(72)105-84/h21-32,37-52,61-64H,9-20,33-36,53-60H2,1-8H3. The maximum Gasteiger partial charge on any atom is 0.238 e. The first-order chi connectivity index (χ1) is 51.8. The van der Waals surface area contributed by atoms with Gasteiger partial charge in [-0.1, -0.05) is 298 Å². The van der Waals surface area contributed by atoms with Crippen LogP contribution in [-0.4, -0.2) is 15.0 Å². The molecule has 0 radical (unpaired) electrons. The van der Waals surface area contributed by atoms with Crippen LogP contribution in [0.2, 0.25) is 0 Å². The number of furan rings is 2. The van der Waals surface area contributed by atoms with E-state index in [1.807, 2.05) is 0 Å². The molecule has 5 aliphatic rings. The quantitative estimate of drug-likeness (QED) is 0.0531. The first-order valence-corrected chi connectivity index (χ1v) is 41.1. The summed E-state index contributed by atoms with van der Waals surface area (Å²) in [5, 5.41) is 4.91. The number of benzene rings is 10. The number of para-hydroxylation sites is 2. The molecule has 6 heteroatoms. The minimum atomic E-state index is -0.386. The average molecular weight is 1390 g/mol. The smallest absolute Gasteiger partial charge is 0.238 e. The third kappa shape index (κ3) is 10.8. The highest BCUT2D eigenvalue weighted by Gasteiger charge is 2.57. The fourth-order valence-corrected chi connectivity index (χ4v) is 21.3. The number of anilines is 3. The van der Waals surface area contributed by atoms with Crippen LogP contribution in [0.4, 0.5) is 17.3 Å². The van der Waals surface area contributed by atoms with E-state index in [9.17, 15) is 0 Å². The Bertz CT molecular complexity index is 5470. The predicted molar refractivity (Wildman–Crippen MR) is 443 cm³/mol. The van der Waals surface area contributed by atoms with Crippen LogP contribution in [0.5, 0.6) is 0 Å². The van der Waals surface area contributed by atoms with Crippen LogP contribution < -0.4 is 4.90 Å². The fourth-order valence-electron chi connectivity index (χ4n) is 21.3. The number of unbranched alkanes of at least 4 members (excludes halogenated alkanes) is 12. The Balaban J connectivity index is 0.901. The van der Waals surface area contributed by atoms with Crippen molar-refractivity contribution in [2.24, 2.45) is 5.41 Å². The molecule has 0 amide bonds. The maximum atomic E-state index is 7.63. The van der Waals surface area contributed by atoms with Gasteiger partial charge in [0.2, 0.25) is 5.95 Å². The molecule has 0 saturated carbocycles. The predicted octanol–water partition coefficient (Wildman–Crippen LogP) is 29.1. The summed E-state index contributed by atoms with van der Waals surface area (Å²) in [5.41, 5.74) is 29.4. The lowest BCUT2D eigenvalue weighted by Gasteiger charge is -2.40. The van der Waals surface area contributed by atoms with Gasteiger partial charge in [0.05, 0.1) is 0 Å². The summed E-state index contributed by atoms with van der Waals surface area (Å²) < 4.78 is 14.3. The topological polar surface area (TPSA) is 68.2 Å². The summed E-state index contributed by atoms with van der Waals surface area (Å²) in [7, 11) is 0. The van der Waals surface area contributed by atoms with Crippen molar-refractivity contribution in [2.75, 3.05) is 4.90 Å². The average Bonchev–Trinajstić information content (AvgIpc) is 1.49. The Labute approximate surface area is 628 Å². The second-order valence-corrected chi connectivity index (χ2v) is 33.7. The van der Waals surface area contributed by atoms with Crippen molar-refractivity contribution >= 4 is 61.2 Å². The Morgan fingerprint density at radius 1 is 0.340 bits per heavy atom. The van der Waals surface area contributed by atoms with Crippen molar-refractivity contribution < 1.29 is 8.83 Å². The van der Waals surface area contributed by atoms with Gasteiger partial charge in [-0.05, 0) is 195 Å². The van der Waals surface area contributed by atoms with E-state index in [4.69, 9.17) is 23.8 Å². The van der Waals surface area contributed by atoms with Crippen LogP contribution in [0.25, 0.3) is 111 Å². The van der Waals surface area contributed by atoms with Crippen LogP contribution in [0.3, 0.4) is 0 Å². The highest BCUT2D eigenvalue weighted by atomic mass is 16.3. The molecule has 18 rings (SSSR count). The van der Waals surface area contributed by atoms with Crippen molar-refractivity contribution in [3.8, 4) is 67.3 Å². The SMILES string of the molecule is CCCCCCCC12CCC(CCCCC)(CCCCC)CCC3(CCCCCCC)c4cc(N(c5ccc6c(c5)C(C)(C)c5cc7c(cc5-6)C(C)(C)c5ccc6oc8ccccc8c6c5-7)c5nc(-c6ccccc6)nc(-c6ccccc6)n5)ccc4-c4c3c1c(c1oc3ccccc3c41)-c1ccccc12. The van der Waals surface area contributed by atoms with E-state index >= 15 is 0 Å². The van der Waals surface area contributed by atoms with Gasteiger partial charge in [-0.15, -0.1) is 0 Å². The Kier molecular flexibility index (Phi) is 17.5. The van der Waals surface area contributed by atoms with Gasteiger partial charge >= 0.3 is 0 Å². The van der Waals surface area contributed by atoms with Gasteiger partial charge in [-0.3, -0.25) is 4.90 Å². The summed E-state index contributed by atoms with van der Waals surface area (Å²) in [6, 6.07) is 73.3. The molecule has 6 nitrogen and oxygen atoms in total. The lowest BCUT2D eigenvalue weighted by Crippen LogP contribution is -2.32. The highest BCUT2D eigenvalue weighted by molar-refractivity contribution is 6.21. The van der Waals surface area contributed by atoms with E-state index in [1.54, 1.807) is 16.7 Å². The van der Waals surface area contributed by atoms with Gasteiger partial charge in [0.1, 0.15) is 22.3 Å². The van der Waals surface area contributed by atoms with Crippen LogP contribution in [0, 0.1) is 5.41 Å². The number of hydrogen-bond donors (Lipinski definition) is 0. The molecule has 0 aliphatic heterocycles. The molecule has 0 spiro atoms. The van der Waals surface area contributed by atoms with Crippen molar-refractivity contribution in [2.45, 2.75) is 231 Å². The van der Waals surface area contributed by atoms with Crippen molar-refractivity contribution in [1.29, 1.82) is 0 Å². The molecule has 106 heavy (non-hydrogen) atoms. The van der Waals surface area contributed by atoms with E-state index in [-0.39, 0.29) is 27.1 Å². The molecule has 0 saturated heterocycles. The largest absolute Gasteiger partial charge is 0.456 e. The van der Waals surface area contributed by atoms with Gasteiger partial charge in [0.25, 0.3) is 0 Å². The molecule has 3 heterocycles. The van der Waals surface area contributed by atoms with Crippen molar-refractivity contribution in [3.63, 3.8) is 0 Å². The van der Waals surface area contributed by atoms with Crippen molar-refractivity contribution in [1.82, 2.24) is 15.0 Å². The molecule has 2 atom stereocenters. The molecule has 0 N–H and O–H groups in total. The van der Waals surface area contributed by atoms with Crippen LogP contribution >= 0.6 is 0 Å². The molecular formula is C100H104N4O2. The fraction of sp³-hybridized carbons (Fsp3) is 0.370. The molecule has 536 valence electrons.